The number of ether oxygens (including phenoxy) is 2. The van der Waals surface area contributed by atoms with E-state index in [2.05, 4.69) is 25.4 Å². The molecule has 8 heteroatoms. The Kier molecular flexibility index (Phi) is 4.62. The Hall–Kier alpha value is -2.22. The van der Waals surface area contributed by atoms with Crippen LogP contribution >= 0.6 is 0 Å². The largest absolute Gasteiger partial charge is 0.481 e. The van der Waals surface area contributed by atoms with Gasteiger partial charge in [-0.2, -0.15) is 4.98 Å². The number of methoxy groups -OCH3 is 2. The van der Waals surface area contributed by atoms with Crippen LogP contribution in [0.4, 0.5) is 0 Å². The first-order valence-electron chi connectivity index (χ1n) is 5.73. The Morgan fingerprint density at radius 2 is 1.84 bits per heavy atom. The monoisotopic (exact) mass is 265 g/mol. The third kappa shape index (κ3) is 3.38. The molecular weight excluding hydrogens is 250 g/mol. The smallest absolute Gasteiger partial charge is 0.227 e. The van der Waals surface area contributed by atoms with E-state index in [-0.39, 0.29) is 0 Å². The third-order valence-corrected chi connectivity index (χ3v) is 2.48. The zero-order valence-electron chi connectivity index (χ0n) is 10.8. The van der Waals surface area contributed by atoms with Crippen molar-refractivity contribution in [2.24, 2.45) is 0 Å². The molecule has 0 aliphatic rings. The molecular formula is C11H15N5O3. The second-order valence-corrected chi connectivity index (χ2v) is 3.63. The van der Waals surface area contributed by atoms with Gasteiger partial charge >= 0.3 is 0 Å². The van der Waals surface area contributed by atoms with E-state index in [1.165, 1.54) is 12.7 Å². The number of aromatic nitrogens is 4. The minimum absolute atomic E-state index is 0.497. The van der Waals surface area contributed by atoms with E-state index in [0.29, 0.717) is 37.2 Å². The number of nitrogens with one attached hydrogen (secondary N) is 1. The van der Waals surface area contributed by atoms with Crippen LogP contribution in [0.1, 0.15) is 11.5 Å². The van der Waals surface area contributed by atoms with Crippen LogP contribution in [0.15, 0.2) is 17.2 Å². The summed E-state index contributed by atoms with van der Waals surface area (Å²) in [4.78, 5) is 12.0. The molecule has 0 bridgehead atoms. The van der Waals surface area contributed by atoms with Gasteiger partial charge in [0.15, 0.2) is 6.33 Å². The fraction of sp³-hybridized carbons (Fsp3) is 0.455. The highest BCUT2D eigenvalue weighted by molar-refractivity contribution is 5.34. The van der Waals surface area contributed by atoms with Crippen LogP contribution in [-0.2, 0) is 13.0 Å². The summed E-state index contributed by atoms with van der Waals surface area (Å²) in [7, 11) is 3.12. The van der Waals surface area contributed by atoms with Crippen molar-refractivity contribution in [2.75, 3.05) is 20.8 Å². The molecule has 2 rings (SSSR count). The average Bonchev–Trinajstić information content (AvgIpc) is 2.96. The topological polar surface area (TPSA) is 95.2 Å². The third-order valence-electron chi connectivity index (χ3n) is 2.48. The first-order valence-corrected chi connectivity index (χ1v) is 5.73. The molecule has 1 N–H and O–H groups in total. The number of hydrogen-bond acceptors (Lipinski definition) is 8. The molecule has 0 saturated carbocycles. The summed E-state index contributed by atoms with van der Waals surface area (Å²) in [6.45, 7) is 1.21. The number of hydrogen-bond donors (Lipinski definition) is 1. The van der Waals surface area contributed by atoms with Gasteiger partial charge in [-0.15, -0.1) is 0 Å². The zero-order chi connectivity index (χ0) is 13.5. The van der Waals surface area contributed by atoms with Crippen molar-refractivity contribution in [1.82, 2.24) is 25.4 Å². The van der Waals surface area contributed by atoms with Crippen LogP contribution < -0.4 is 14.8 Å². The Labute approximate surface area is 110 Å². The van der Waals surface area contributed by atoms with Crippen molar-refractivity contribution in [3.63, 3.8) is 0 Å². The van der Waals surface area contributed by atoms with E-state index in [1.807, 2.05) is 0 Å². The summed E-state index contributed by atoms with van der Waals surface area (Å²) in [5.74, 6) is 1.59. The Balaban J connectivity index is 1.91. The summed E-state index contributed by atoms with van der Waals surface area (Å²) in [6.07, 6.45) is 3.43. The van der Waals surface area contributed by atoms with Crippen LogP contribution in [0.25, 0.3) is 0 Å². The quantitative estimate of drug-likeness (QED) is 0.710. The van der Waals surface area contributed by atoms with Crippen molar-refractivity contribution in [3.05, 3.63) is 24.1 Å². The van der Waals surface area contributed by atoms with Crippen LogP contribution in [-0.4, -0.2) is 40.9 Å². The van der Waals surface area contributed by atoms with Gasteiger partial charge in [0.1, 0.15) is 6.33 Å². The molecule has 0 aliphatic heterocycles. The Bertz CT molecular complexity index is 481. The lowest BCUT2D eigenvalue weighted by Gasteiger charge is -2.11. The van der Waals surface area contributed by atoms with E-state index in [9.17, 15) is 0 Å². The molecule has 8 nitrogen and oxygen atoms in total. The van der Waals surface area contributed by atoms with E-state index >= 15 is 0 Å². The molecule has 2 aromatic heterocycles. The maximum Gasteiger partial charge on any atom is 0.227 e. The summed E-state index contributed by atoms with van der Waals surface area (Å²) < 4.78 is 15.3. The first kappa shape index (κ1) is 13.2. The molecule has 19 heavy (non-hydrogen) atoms. The normalized spacial score (nSPS) is 10.4. The van der Waals surface area contributed by atoms with Gasteiger partial charge in [0.05, 0.1) is 19.8 Å². The minimum Gasteiger partial charge on any atom is -0.481 e. The molecule has 0 unspecified atom stereocenters. The van der Waals surface area contributed by atoms with Gasteiger partial charge in [-0.05, 0) is 0 Å². The molecule has 2 heterocycles. The average molecular weight is 265 g/mol. The molecule has 0 spiro atoms. The van der Waals surface area contributed by atoms with E-state index in [4.69, 9.17) is 14.0 Å². The van der Waals surface area contributed by atoms with Crippen LogP contribution in [0.5, 0.6) is 11.8 Å². The Morgan fingerprint density at radius 3 is 2.42 bits per heavy atom. The fourth-order valence-electron chi connectivity index (χ4n) is 1.60. The lowest BCUT2D eigenvalue weighted by molar-refractivity contribution is 0.357. The molecule has 0 saturated heterocycles. The second kappa shape index (κ2) is 6.64. The molecule has 0 amide bonds. The van der Waals surface area contributed by atoms with Crippen molar-refractivity contribution >= 4 is 0 Å². The number of nitrogens with zero attached hydrogens (tertiary/aromatic N) is 4. The van der Waals surface area contributed by atoms with Gasteiger partial charge in [0.2, 0.25) is 17.7 Å². The summed E-state index contributed by atoms with van der Waals surface area (Å²) in [5, 5.41) is 6.76. The number of rotatable bonds is 7. The minimum atomic E-state index is 0.497. The van der Waals surface area contributed by atoms with Crippen molar-refractivity contribution in [1.29, 1.82) is 0 Å². The molecule has 102 valence electrons. The predicted octanol–water partition coefficient (Wildman–Crippen LogP) is 0.209. The maximum atomic E-state index is 5.18. The Morgan fingerprint density at radius 1 is 1.11 bits per heavy atom. The lowest BCUT2D eigenvalue weighted by Crippen LogP contribution is -2.18. The molecule has 0 atom stereocenters. The van der Waals surface area contributed by atoms with Gasteiger partial charge in [-0.1, -0.05) is 5.16 Å². The van der Waals surface area contributed by atoms with E-state index < -0.39 is 0 Å². The van der Waals surface area contributed by atoms with E-state index in [1.54, 1.807) is 14.2 Å². The summed E-state index contributed by atoms with van der Waals surface area (Å²) in [6, 6.07) is 0. The standard InChI is InChI=1S/C11H15N5O3/c1-17-10-8(11(18-2)15-6-14-10)5-12-4-3-9-13-7-16-19-9/h6-7,12H,3-5H2,1-2H3. The molecule has 0 aromatic carbocycles. The zero-order valence-corrected chi connectivity index (χ0v) is 10.8. The summed E-state index contributed by atoms with van der Waals surface area (Å²) >= 11 is 0. The molecule has 0 radical (unpaired) electrons. The van der Waals surface area contributed by atoms with E-state index in [0.717, 1.165) is 5.56 Å². The van der Waals surface area contributed by atoms with Crippen LogP contribution in [0.2, 0.25) is 0 Å². The lowest BCUT2D eigenvalue weighted by atomic mass is 10.3. The summed E-state index contributed by atoms with van der Waals surface area (Å²) in [5.41, 5.74) is 0.776. The predicted molar refractivity (Wildman–Crippen MR) is 64.8 cm³/mol. The van der Waals surface area contributed by atoms with Gasteiger partial charge < -0.3 is 19.3 Å². The van der Waals surface area contributed by atoms with Gasteiger partial charge in [0, 0.05) is 19.5 Å². The molecule has 0 aliphatic carbocycles. The van der Waals surface area contributed by atoms with Crippen molar-refractivity contribution < 1.29 is 14.0 Å². The highest BCUT2D eigenvalue weighted by Gasteiger charge is 2.12. The molecule has 2 aromatic rings. The van der Waals surface area contributed by atoms with Crippen molar-refractivity contribution in [2.45, 2.75) is 13.0 Å². The van der Waals surface area contributed by atoms with Gasteiger partial charge in [0.25, 0.3) is 0 Å². The highest BCUT2D eigenvalue weighted by Crippen LogP contribution is 2.22. The SMILES string of the molecule is COc1ncnc(OC)c1CNCCc1ncno1. The van der Waals surface area contributed by atoms with Crippen LogP contribution in [0, 0.1) is 0 Å². The van der Waals surface area contributed by atoms with Gasteiger partial charge in [-0.3, -0.25) is 0 Å². The maximum absolute atomic E-state index is 5.18. The first-order chi connectivity index (χ1) is 9.35. The fourth-order valence-corrected chi connectivity index (χ4v) is 1.60. The highest BCUT2D eigenvalue weighted by atomic mass is 16.5. The van der Waals surface area contributed by atoms with Gasteiger partial charge in [-0.25, -0.2) is 9.97 Å². The van der Waals surface area contributed by atoms with Crippen molar-refractivity contribution in [3.8, 4) is 11.8 Å². The molecule has 0 fully saturated rings. The second-order valence-electron chi connectivity index (χ2n) is 3.63. The van der Waals surface area contributed by atoms with Crippen LogP contribution in [0.3, 0.4) is 0 Å².